The predicted molar refractivity (Wildman–Crippen MR) is 72.0 cm³/mol. The van der Waals surface area contributed by atoms with E-state index in [1.165, 1.54) is 15.3 Å². The maximum Gasteiger partial charge on any atom is 0.0409 e. The largest absolute Gasteiger partial charge is 0.326 e. The van der Waals surface area contributed by atoms with Crippen molar-refractivity contribution in [1.82, 2.24) is 0 Å². The predicted octanol–water partition coefficient (Wildman–Crippen LogP) is 4.09. The van der Waals surface area contributed by atoms with Gasteiger partial charge in [0, 0.05) is 21.3 Å². The van der Waals surface area contributed by atoms with Gasteiger partial charge in [-0.3, -0.25) is 0 Å². The van der Waals surface area contributed by atoms with Crippen LogP contribution in [0.25, 0.3) is 10.4 Å². The van der Waals surface area contributed by atoms with Gasteiger partial charge in [-0.15, -0.1) is 11.3 Å². The van der Waals surface area contributed by atoms with Gasteiger partial charge in [-0.1, -0.05) is 24.6 Å². The van der Waals surface area contributed by atoms with E-state index in [1.54, 1.807) is 0 Å². The van der Waals surface area contributed by atoms with Crippen LogP contribution in [0.4, 0.5) is 0 Å². The van der Waals surface area contributed by atoms with Gasteiger partial charge in [-0.05, 0) is 41.8 Å². The third-order valence-electron chi connectivity index (χ3n) is 2.56. The Labute approximate surface area is 105 Å². The number of benzene rings is 1. The lowest BCUT2D eigenvalue weighted by molar-refractivity contribution is 1.08. The quantitative estimate of drug-likeness (QED) is 0.874. The fourth-order valence-corrected chi connectivity index (χ4v) is 2.89. The molecule has 0 aliphatic carbocycles. The van der Waals surface area contributed by atoms with E-state index in [0.29, 0.717) is 6.54 Å². The van der Waals surface area contributed by atoms with E-state index in [1.807, 2.05) is 23.5 Å². The molecule has 0 fully saturated rings. The van der Waals surface area contributed by atoms with E-state index in [4.69, 9.17) is 17.3 Å². The molecule has 0 saturated carbocycles. The highest BCUT2D eigenvalue weighted by molar-refractivity contribution is 7.15. The minimum atomic E-state index is 0.523. The highest BCUT2D eigenvalue weighted by atomic mass is 35.5. The molecule has 2 rings (SSSR count). The molecule has 1 aromatic carbocycles. The zero-order valence-corrected chi connectivity index (χ0v) is 10.7. The molecule has 1 aromatic heterocycles. The summed E-state index contributed by atoms with van der Waals surface area (Å²) in [5.74, 6) is 0. The molecule has 0 atom stereocenters. The fraction of sp³-hybridized carbons (Fsp3) is 0.231. The Hall–Kier alpha value is -0.830. The lowest BCUT2D eigenvalue weighted by Crippen LogP contribution is -1.98. The van der Waals surface area contributed by atoms with Crippen LogP contribution in [0.5, 0.6) is 0 Å². The lowest BCUT2D eigenvalue weighted by Gasteiger charge is -2.05. The highest BCUT2D eigenvalue weighted by Gasteiger charge is 2.07. The molecular formula is C13H14ClNS. The van der Waals surface area contributed by atoms with Gasteiger partial charge in [0.1, 0.15) is 0 Å². The van der Waals surface area contributed by atoms with Crippen LogP contribution >= 0.6 is 22.9 Å². The first-order valence-electron chi connectivity index (χ1n) is 5.32. The molecule has 0 unspecified atom stereocenters. The second-order valence-electron chi connectivity index (χ2n) is 3.63. The van der Waals surface area contributed by atoms with Crippen molar-refractivity contribution in [2.45, 2.75) is 19.9 Å². The Balaban J connectivity index is 2.46. The van der Waals surface area contributed by atoms with Crippen LogP contribution in [0.1, 0.15) is 17.4 Å². The molecule has 0 radical (unpaired) electrons. The Kier molecular flexibility index (Phi) is 3.64. The number of halogens is 1. The summed E-state index contributed by atoms with van der Waals surface area (Å²) in [5.41, 5.74) is 8.06. The van der Waals surface area contributed by atoms with Gasteiger partial charge in [0.05, 0.1) is 0 Å². The normalized spacial score (nSPS) is 10.7. The molecule has 0 spiro atoms. The van der Waals surface area contributed by atoms with E-state index in [0.717, 1.165) is 17.0 Å². The number of thiophene rings is 1. The highest BCUT2D eigenvalue weighted by Crippen LogP contribution is 2.32. The molecule has 1 heterocycles. The molecule has 1 nitrogen and oxygen atoms in total. The molecule has 0 saturated heterocycles. The summed E-state index contributed by atoms with van der Waals surface area (Å²) in [6.45, 7) is 2.69. The lowest BCUT2D eigenvalue weighted by atomic mass is 10.1. The summed E-state index contributed by atoms with van der Waals surface area (Å²) in [6.07, 6.45) is 1.08. The van der Waals surface area contributed by atoms with Crippen molar-refractivity contribution in [2.24, 2.45) is 5.73 Å². The van der Waals surface area contributed by atoms with Crippen molar-refractivity contribution in [3.63, 3.8) is 0 Å². The second kappa shape index (κ2) is 5.00. The third-order valence-corrected chi connectivity index (χ3v) is 4.06. The van der Waals surface area contributed by atoms with Crippen molar-refractivity contribution in [3.05, 3.63) is 45.8 Å². The summed E-state index contributed by atoms with van der Waals surface area (Å²) >= 11 is 7.79. The first kappa shape index (κ1) is 11.6. The van der Waals surface area contributed by atoms with Crippen molar-refractivity contribution in [1.29, 1.82) is 0 Å². The molecule has 0 aliphatic heterocycles. The van der Waals surface area contributed by atoms with Crippen LogP contribution in [0.2, 0.25) is 5.02 Å². The molecule has 16 heavy (non-hydrogen) atoms. The monoisotopic (exact) mass is 251 g/mol. The summed E-state index contributed by atoms with van der Waals surface area (Å²) in [4.78, 5) is 2.67. The maximum atomic E-state index is 5.96. The standard InChI is InChI=1S/C13H14ClNS/c1-2-11-4-6-13(16-11)12-5-3-10(14)7-9(12)8-15/h3-7H,2,8,15H2,1H3. The van der Waals surface area contributed by atoms with Crippen molar-refractivity contribution in [2.75, 3.05) is 0 Å². The number of hydrogen-bond donors (Lipinski definition) is 1. The summed E-state index contributed by atoms with van der Waals surface area (Å²) in [6, 6.07) is 10.3. The van der Waals surface area contributed by atoms with E-state index >= 15 is 0 Å². The summed E-state index contributed by atoms with van der Waals surface area (Å²) in [7, 11) is 0. The first-order valence-corrected chi connectivity index (χ1v) is 6.51. The van der Waals surface area contributed by atoms with Gasteiger partial charge < -0.3 is 5.73 Å². The van der Waals surface area contributed by atoms with Crippen LogP contribution < -0.4 is 5.73 Å². The summed E-state index contributed by atoms with van der Waals surface area (Å²) in [5, 5.41) is 0.747. The topological polar surface area (TPSA) is 26.0 Å². The summed E-state index contributed by atoms with van der Waals surface area (Å²) < 4.78 is 0. The SMILES string of the molecule is CCc1ccc(-c2ccc(Cl)cc2CN)s1. The average molecular weight is 252 g/mol. The van der Waals surface area contributed by atoms with E-state index < -0.39 is 0 Å². The molecule has 0 amide bonds. The van der Waals surface area contributed by atoms with E-state index in [-0.39, 0.29) is 0 Å². The van der Waals surface area contributed by atoms with Crippen molar-refractivity contribution in [3.8, 4) is 10.4 Å². The van der Waals surface area contributed by atoms with Crippen LogP contribution in [0.15, 0.2) is 30.3 Å². The smallest absolute Gasteiger partial charge is 0.0409 e. The van der Waals surface area contributed by atoms with Crippen molar-refractivity contribution < 1.29 is 0 Å². The molecule has 2 aromatic rings. The van der Waals surface area contributed by atoms with Crippen LogP contribution in [0, 0.1) is 0 Å². The van der Waals surface area contributed by atoms with Crippen LogP contribution in [-0.4, -0.2) is 0 Å². The minimum absolute atomic E-state index is 0.523. The zero-order valence-electron chi connectivity index (χ0n) is 9.16. The number of nitrogens with two attached hydrogens (primary N) is 1. The zero-order chi connectivity index (χ0) is 11.5. The molecular weight excluding hydrogens is 238 g/mol. The van der Waals surface area contributed by atoms with Crippen LogP contribution in [-0.2, 0) is 13.0 Å². The van der Waals surface area contributed by atoms with Crippen LogP contribution in [0.3, 0.4) is 0 Å². The van der Waals surface area contributed by atoms with Gasteiger partial charge in [-0.2, -0.15) is 0 Å². The molecule has 2 N–H and O–H groups in total. The molecule has 84 valence electrons. The molecule has 0 bridgehead atoms. The third kappa shape index (κ3) is 2.29. The molecule has 3 heteroatoms. The van der Waals surface area contributed by atoms with E-state index in [9.17, 15) is 0 Å². The number of rotatable bonds is 3. The van der Waals surface area contributed by atoms with Gasteiger partial charge in [-0.25, -0.2) is 0 Å². The Morgan fingerprint density at radius 2 is 2.06 bits per heavy atom. The van der Waals surface area contributed by atoms with Gasteiger partial charge >= 0.3 is 0 Å². The van der Waals surface area contributed by atoms with Gasteiger partial charge in [0.25, 0.3) is 0 Å². The average Bonchev–Trinajstić information content (AvgIpc) is 2.77. The second-order valence-corrected chi connectivity index (χ2v) is 5.23. The number of aryl methyl sites for hydroxylation is 1. The first-order chi connectivity index (χ1) is 7.74. The van der Waals surface area contributed by atoms with Gasteiger partial charge in [0.15, 0.2) is 0 Å². The van der Waals surface area contributed by atoms with Crippen molar-refractivity contribution >= 4 is 22.9 Å². The minimum Gasteiger partial charge on any atom is -0.326 e. The molecule has 0 aliphatic rings. The Morgan fingerprint density at radius 3 is 2.69 bits per heavy atom. The van der Waals surface area contributed by atoms with Gasteiger partial charge in [0.2, 0.25) is 0 Å². The fourth-order valence-electron chi connectivity index (χ4n) is 1.68. The Bertz CT molecular complexity index is 490. The maximum absolute atomic E-state index is 5.96. The Morgan fingerprint density at radius 1 is 1.25 bits per heavy atom. The van der Waals surface area contributed by atoms with E-state index in [2.05, 4.69) is 25.1 Å². The number of hydrogen-bond acceptors (Lipinski definition) is 2.